The molecule has 0 spiro atoms. The van der Waals surface area contributed by atoms with Gasteiger partial charge in [-0.3, -0.25) is 0 Å². The second-order valence-corrected chi connectivity index (χ2v) is 12.3. The molecular formula is C38H49N3. The van der Waals surface area contributed by atoms with E-state index in [1.807, 2.05) is 0 Å². The molecule has 2 heterocycles. The molecule has 1 fully saturated rings. The molecule has 3 nitrogen and oxygen atoms in total. The van der Waals surface area contributed by atoms with Gasteiger partial charge < -0.3 is 14.4 Å². The molecule has 1 atom stereocenters. The van der Waals surface area contributed by atoms with Gasteiger partial charge in [0.2, 0.25) is 0 Å². The van der Waals surface area contributed by atoms with Gasteiger partial charge in [-0.2, -0.15) is 0 Å². The Morgan fingerprint density at radius 1 is 0.683 bits per heavy atom. The van der Waals surface area contributed by atoms with Crippen LogP contribution in [0.15, 0.2) is 85.2 Å². The Hall–Kier alpha value is -3.46. The van der Waals surface area contributed by atoms with Crippen molar-refractivity contribution in [2.45, 2.75) is 78.6 Å². The Balaban J connectivity index is 1.40. The quantitative estimate of drug-likeness (QED) is 0.175. The van der Waals surface area contributed by atoms with E-state index in [0.717, 1.165) is 32.4 Å². The maximum Gasteiger partial charge on any atom is 0.0454 e. The van der Waals surface area contributed by atoms with E-state index in [0.29, 0.717) is 11.8 Å². The molecule has 216 valence electrons. The summed E-state index contributed by atoms with van der Waals surface area (Å²) in [6.45, 7) is 16.0. The van der Waals surface area contributed by atoms with Crippen molar-refractivity contribution in [1.29, 1.82) is 0 Å². The number of rotatable bonds is 12. The highest BCUT2D eigenvalue weighted by Crippen LogP contribution is 2.31. The van der Waals surface area contributed by atoms with Crippen LogP contribution in [0.4, 0.5) is 11.4 Å². The Labute approximate surface area is 248 Å². The summed E-state index contributed by atoms with van der Waals surface area (Å²) in [6.07, 6.45) is 10.1. The van der Waals surface area contributed by atoms with Gasteiger partial charge in [0.25, 0.3) is 0 Å². The first-order valence-electron chi connectivity index (χ1n) is 15.9. The zero-order valence-electron chi connectivity index (χ0n) is 25.9. The van der Waals surface area contributed by atoms with Crippen LogP contribution >= 0.6 is 0 Å². The number of hydrogen-bond donors (Lipinski definition) is 0. The predicted molar refractivity (Wildman–Crippen MR) is 177 cm³/mol. The lowest BCUT2D eigenvalue weighted by atomic mass is 9.89. The van der Waals surface area contributed by atoms with Gasteiger partial charge in [0, 0.05) is 55.6 Å². The van der Waals surface area contributed by atoms with Crippen LogP contribution in [0.2, 0.25) is 0 Å². The van der Waals surface area contributed by atoms with Crippen LogP contribution in [0.1, 0.15) is 87.1 Å². The SMILES string of the molecule is CCN(CC)c1cccc(CCc2cc(C(C)Cc3cc(C(C)C)cc(N4CCCC4)c3)cc(-n3cccc3)c2)c1. The van der Waals surface area contributed by atoms with Gasteiger partial charge in [-0.15, -0.1) is 0 Å². The Bertz CT molecular complexity index is 1390. The third-order valence-corrected chi connectivity index (χ3v) is 8.89. The minimum Gasteiger partial charge on any atom is -0.372 e. The van der Waals surface area contributed by atoms with Gasteiger partial charge in [-0.05, 0) is 134 Å². The second kappa shape index (κ2) is 13.5. The lowest BCUT2D eigenvalue weighted by molar-refractivity contribution is 0.750. The van der Waals surface area contributed by atoms with E-state index < -0.39 is 0 Å². The maximum atomic E-state index is 2.58. The molecule has 0 bridgehead atoms. The number of anilines is 2. The van der Waals surface area contributed by atoms with Crippen LogP contribution in [-0.2, 0) is 19.3 Å². The zero-order chi connectivity index (χ0) is 28.8. The van der Waals surface area contributed by atoms with Crippen molar-refractivity contribution < 1.29 is 0 Å². The molecule has 0 N–H and O–H groups in total. The highest BCUT2D eigenvalue weighted by Gasteiger charge is 2.17. The van der Waals surface area contributed by atoms with Crippen molar-refractivity contribution in [1.82, 2.24) is 4.57 Å². The van der Waals surface area contributed by atoms with E-state index in [1.165, 1.54) is 70.8 Å². The first kappa shape index (κ1) is 29.0. The van der Waals surface area contributed by atoms with Gasteiger partial charge >= 0.3 is 0 Å². The molecule has 0 aliphatic carbocycles. The topological polar surface area (TPSA) is 11.4 Å². The van der Waals surface area contributed by atoms with E-state index in [1.54, 1.807) is 0 Å². The van der Waals surface area contributed by atoms with Crippen molar-refractivity contribution in [2.24, 2.45) is 0 Å². The summed E-state index contributed by atoms with van der Waals surface area (Å²) in [6, 6.07) is 28.0. The highest BCUT2D eigenvalue weighted by atomic mass is 15.1. The molecule has 0 radical (unpaired) electrons. The van der Waals surface area contributed by atoms with E-state index >= 15 is 0 Å². The van der Waals surface area contributed by atoms with Crippen LogP contribution in [0, 0.1) is 0 Å². The lowest BCUT2D eigenvalue weighted by Gasteiger charge is -2.22. The van der Waals surface area contributed by atoms with Crippen molar-refractivity contribution in [3.8, 4) is 5.69 Å². The van der Waals surface area contributed by atoms with Crippen LogP contribution in [0.5, 0.6) is 0 Å². The second-order valence-electron chi connectivity index (χ2n) is 12.3. The molecule has 5 rings (SSSR count). The first-order valence-corrected chi connectivity index (χ1v) is 15.9. The smallest absolute Gasteiger partial charge is 0.0454 e. The number of aromatic nitrogens is 1. The molecule has 41 heavy (non-hydrogen) atoms. The molecule has 1 aromatic heterocycles. The third kappa shape index (κ3) is 7.25. The zero-order valence-corrected chi connectivity index (χ0v) is 25.9. The van der Waals surface area contributed by atoms with Crippen molar-refractivity contribution >= 4 is 11.4 Å². The summed E-state index contributed by atoms with van der Waals surface area (Å²) in [7, 11) is 0. The molecule has 3 aromatic carbocycles. The van der Waals surface area contributed by atoms with Crippen molar-refractivity contribution in [2.75, 3.05) is 36.0 Å². The summed E-state index contributed by atoms with van der Waals surface area (Å²) in [4.78, 5) is 5.01. The fourth-order valence-electron chi connectivity index (χ4n) is 6.35. The minimum atomic E-state index is 0.434. The van der Waals surface area contributed by atoms with Gasteiger partial charge in [0.1, 0.15) is 0 Å². The van der Waals surface area contributed by atoms with Gasteiger partial charge in [0.15, 0.2) is 0 Å². The summed E-state index contributed by atoms with van der Waals surface area (Å²) in [5.41, 5.74) is 11.2. The molecular weight excluding hydrogens is 498 g/mol. The molecule has 1 saturated heterocycles. The van der Waals surface area contributed by atoms with Gasteiger partial charge in [-0.25, -0.2) is 0 Å². The maximum absolute atomic E-state index is 2.58. The normalized spacial score (nSPS) is 14.1. The standard InChI is InChI=1S/C38H49N3/c1-6-39(7-2)36-14-12-13-31(24-36)15-16-32-22-35(28-37(25-32)40-17-8-9-18-40)30(5)21-33-23-34(29(3)4)27-38(26-33)41-19-10-11-20-41/h8-9,12-14,17-18,22-30H,6-7,10-11,15-16,19-21H2,1-5H3. The fraction of sp³-hybridized carbons (Fsp3) is 0.421. The summed E-state index contributed by atoms with van der Waals surface area (Å²) in [5.74, 6) is 0.972. The predicted octanol–water partition coefficient (Wildman–Crippen LogP) is 9.18. The van der Waals surface area contributed by atoms with E-state index in [2.05, 4.69) is 134 Å². The fourth-order valence-corrected chi connectivity index (χ4v) is 6.35. The Morgan fingerprint density at radius 3 is 2.05 bits per heavy atom. The first-order chi connectivity index (χ1) is 19.9. The van der Waals surface area contributed by atoms with E-state index in [-0.39, 0.29) is 0 Å². The van der Waals surface area contributed by atoms with Crippen LogP contribution in [0.25, 0.3) is 5.69 Å². The molecule has 1 aliphatic rings. The van der Waals surface area contributed by atoms with Crippen molar-refractivity contribution in [3.63, 3.8) is 0 Å². The number of nitrogens with zero attached hydrogens (tertiary/aromatic N) is 3. The minimum absolute atomic E-state index is 0.434. The highest BCUT2D eigenvalue weighted by molar-refractivity contribution is 5.53. The largest absolute Gasteiger partial charge is 0.372 e. The molecule has 1 unspecified atom stereocenters. The third-order valence-electron chi connectivity index (χ3n) is 8.89. The molecule has 1 aliphatic heterocycles. The molecule has 0 saturated carbocycles. The van der Waals surface area contributed by atoms with Crippen LogP contribution < -0.4 is 9.80 Å². The van der Waals surface area contributed by atoms with Crippen LogP contribution in [-0.4, -0.2) is 30.7 Å². The number of benzene rings is 3. The number of aryl methyl sites for hydroxylation is 2. The lowest BCUT2D eigenvalue weighted by Crippen LogP contribution is -2.21. The summed E-state index contributed by atoms with van der Waals surface area (Å²) >= 11 is 0. The van der Waals surface area contributed by atoms with E-state index in [4.69, 9.17) is 0 Å². The summed E-state index contributed by atoms with van der Waals surface area (Å²) in [5, 5.41) is 0. The van der Waals surface area contributed by atoms with Gasteiger partial charge in [-0.1, -0.05) is 45.0 Å². The van der Waals surface area contributed by atoms with E-state index in [9.17, 15) is 0 Å². The Morgan fingerprint density at radius 2 is 1.34 bits per heavy atom. The Kier molecular flexibility index (Phi) is 9.54. The van der Waals surface area contributed by atoms with Crippen LogP contribution in [0.3, 0.4) is 0 Å². The summed E-state index contributed by atoms with van der Waals surface area (Å²) < 4.78 is 2.26. The average Bonchev–Trinajstić information content (AvgIpc) is 3.72. The molecule has 4 aromatic rings. The van der Waals surface area contributed by atoms with Crippen molar-refractivity contribution in [3.05, 3.63) is 113 Å². The van der Waals surface area contributed by atoms with Gasteiger partial charge in [0.05, 0.1) is 0 Å². The monoisotopic (exact) mass is 547 g/mol. The average molecular weight is 548 g/mol. The number of hydrogen-bond acceptors (Lipinski definition) is 2. The molecule has 3 heteroatoms. The molecule has 0 amide bonds.